The van der Waals surface area contributed by atoms with E-state index in [0.29, 0.717) is 12.3 Å². The van der Waals surface area contributed by atoms with Gasteiger partial charge >= 0.3 is 0 Å². The average molecular weight is 387 g/mol. The van der Waals surface area contributed by atoms with E-state index < -0.39 is 15.7 Å². The molecule has 0 saturated carbocycles. The summed E-state index contributed by atoms with van der Waals surface area (Å²) in [6.45, 7) is 3.61. The summed E-state index contributed by atoms with van der Waals surface area (Å²) < 4.78 is 28.4. The lowest BCUT2D eigenvalue weighted by atomic mass is 10.1. The van der Waals surface area contributed by atoms with Crippen molar-refractivity contribution in [2.75, 3.05) is 18.2 Å². The summed E-state index contributed by atoms with van der Waals surface area (Å²) in [4.78, 5) is 17.2. The molecule has 0 aliphatic carbocycles. The van der Waals surface area contributed by atoms with Gasteiger partial charge < -0.3 is 10.2 Å². The molecular weight excluding hydrogens is 372 g/mol. The molecule has 0 aliphatic heterocycles. The van der Waals surface area contributed by atoms with Crippen molar-refractivity contribution in [3.05, 3.63) is 34.0 Å². The Labute approximate surface area is 148 Å². The van der Waals surface area contributed by atoms with Crippen LogP contribution in [0.3, 0.4) is 0 Å². The van der Waals surface area contributed by atoms with E-state index in [2.05, 4.69) is 25.4 Å². The van der Waals surface area contributed by atoms with Crippen molar-refractivity contribution in [3.8, 4) is 0 Å². The standard InChI is InChI=1S/C14H15ClN4O5S/c1-4-23-16-7-10-11(25(3,21)22)6-5-9(12(10)15)14(20)17-13-8(2)18-24-19-13/h5-7H,4H2,1-3H3,(H,17,19,20)/b16-7+. The number of anilines is 1. The molecule has 0 fully saturated rings. The maximum absolute atomic E-state index is 12.4. The van der Waals surface area contributed by atoms with E-state index in [4.69, 9.17) is 16.4 Å². The molecule has 1 amide bonds. The summed E-state index contributed by atoms with van der Waals surface area (Å²) in [7, 11) is -3.59. The first-order valence-corrected chi connectivity index (χ1v) is 9.31. The van der Waals surface area contributed by atoms with Crippen LogP contribution in [0.5, 0.6) is 0 Å². The van der Waals surface area contributed by atoms with Gasteiger partial charge in [0, 0.05) is 11.8 Å². The first-order chi connectivity index (χ1) is 11.8. The van der Waals surface area contributed by atoms with Gasteiger partial charge in [0.2, 0.25) is 5.82 Å². The van der Waals surface area contributed by atoms with Gasteiger partial charge in [-0.05, 0) is 31.1 Å². The highest BCUT2D eigenvalue weighted by Crippen LogP contribution is 2.27. The third-order valence-electron chi connectivity index (χ3n) is 3.05. The lowest BCUT2D eigenvalue weighted by Gasteiger charge is -2.10. The topological polar surface area (TPSA) is 124 Å². The molecular formula is C14H15ClN4O5S. The van der Waals surface area contributed by atoms with E-state index in [1.54, 1.807) is 13.8 Å². The van der Waals surface area contributed by atoms with Gasteiger partial charge in [-0.1, -0.05) is 21.9 Å². The number of amides is 1. The molecule has 1 aromatic carbocycles. The molecule has 11 heteroatoms. The van der Waals surface area contributed by atoms with Crippen LogP contribution in [0.2, 0.25) is 5.02 Å². The minimum atomic E-state index is -3.59. The monoisotopic (exact) mass is 386 g/mol. The number of hydrogen-bond donors (Lipinski definition) is 1. The summed E-state index contributed by atoms with van der Waals surface area (Å²) in [6, 6.07) is 2.58. The van der Waals surface area contributed by atoms with Crippen LogP contribution in [0, 0.1) is 6.92 Å². The van der Waals surface area contributed by atoms with Gasteiger partial charge in [0.1, 0.15) is 12.3 Å². The maximum Gasteiger partial charge on any atom is 0.258 e. The number of carbonyl (C=O) groups excluding carboxylic acids is 1. The van der Waals surface area contributed by atoms with E-state index in [9.17, 15) is 13.2 Å². The third kappa shape index (κ3) is 4.34. The van der Waals surface area contributed by atoms with E-state index >= 15 is 0 Å². The highest BCUT2D eigenvalue weighted by atomic mass is 35.5. The van der Waals surface area contributed by atoms with Crippen molar-refractivity contribution in [1.82, 2.24) is 10.3 Å². The van der Waals surface area contributed by atoms with Crippen LogP contribution < -0.4 is 5.32 Å². The lowest BCUT2D eigenvalue weighted by molar-refractivity contribution is 0.102. The predicted octanol–water partition coefficient (Wildman–Crippen LogP) is 2.06. The van der Waals surface area contributed by atoms with Crippen molar-refractivity contribution < 1.29 is 22.7 Å². The Bertz CT molecular complexity index is 923. The number of benzene rings is 1. The van der Waals surface area contributed by atoms with Crippen molar-refractivity contribution in [2.45, 2.75) is 18.7 Å². The fourth-order valence-electron chi connectivity index (χ4n) is 1.88. The van der Waals surface area contributed by atoms with Gasteiger partial charge in [-0.15, -0.1) is 0 Å². The number of aromatic nitrogens is 2. The van der Waals surface area contributed by atoms with Crippen LogP contribution in [0.1, 0.15) is 28.5 Å². The summed E-state index contributed by atoms with van der Waals surface area (Å²) in [5.74, 6) is -0.465. The van der Waals surface area contributed by atoms with Crippen molar-refractivity contribution >= 4 is 39.4 Å². The van der Waals surface area contributed by atoms with E-state index in [1.807, 2.05) is 0 Å². The molecule has 1 N–H and O–H groups in total. The molecule has 0 unspecified atom stereocenters. The zero-order valence-corrected chi connectivity index (χ0v) is 15.2. The van der Waals surface area contributed by atoms with Gasteiger partial charge in [0.15, 0.2) is 9.84 Å². The molecule has 134 valence electrons. The Morgan fingerprint density at radius 3 is 2.72 bits per heavy atom. The second-order valence-electron chi connectivity index (χ2n) is 4.92. The number of nitrogens with one attached hydrogen (secondary N) is 1. The van der Waals surface area contributed by atoms with E-state index in [0.717, 1.165) is 12.5 Å². The minimum absolute atomic E-state index is 0.0365. The summed E-state index contributed by atoms with van der Waals surface area (Å²) in [5.41, 5.74) is 0.477. The quantitative estimate of drug-likeness (QED) is 0.595. The Morgan fingerprint density at radius 1 is 1.44 bits per heavy atom. The lowest BCUT2D eigenvalue weighted by Crippen LogP contribution is -2.15. The largest absolute Gasteiger partial charge is 0.396 e. The average Bonchev–Trinajstić information content (AvgIpc) is 2.92. The number of carbonyl (C=O) groups is 1. The zero-order valence-electron chi connectivity index (χ0n) is 13.6. The summed E-state index contributed by atoms with van der Waals surface area (Å²) in [6.07, 6.45) is 2.18. The first-order valence-electron chi connectivity index (χ1n) is 7.04. The maximum atomic E-state index is 12.4. The number of rotatable bonds is 6. The first kappa shape index (κ1) is 18.9. The molecule has 1 aromatic heterocycles. The Balaban J connectivity index is 2.48. The van der Waals surface area contributed by atoms with Gasteiger partial charge in [-0.3, -0.25) is 4.79 Å². The van der Waals surface area contributed by atoms with Gasteiger partial charge in [-0.25, -0.2) is 13.0 Å². The fourth-order valence-corrected chi connectivity index (χ4v) is 3.10. The Hall–Kier alpha value is -2.46. The molecule has 0 radical (unpaired) electrons. The molecule has 0 saturated heterocycles. The molecule has 9 nitrogen and oxygen atoms in total. The summed E-state index contributed by atoms with van der Waals surface area (Å²) >= 11 is 6.24. The highest BCUT2D eigenvalue weighted by molar-refractivity contribution is 7.90. The van der Waals surface area contributed by atoms with Crippen LogP contribution in [-0.2, 0) is 14.7 Å². The molecule has 0 bridgehead atoms. The second kappa shape index (κ2) is 7.62. The molecule has 2 rings (SSSR count). The van der Waals surface area contributed by atoms with Crippen LogP contribution in [0.15, 0.2) is 26.8 Å². The van der Waals surface area contributed by atoms with Crippen LogP contribution in [0.4, 0.5) is 5.82 Å². The minimum Gasteiger partial charge on any atom is -0.396 e. The number of sulfone groups is 1. The predicted molar refractivity (Wildman–Crippen MR) is 90.8 cm³/mol. The van der Waals surface area contributed by atoms with Crippen LogP contribution >= 0.6 is 11.6 Å². The fraction of sp³-hybridized carbons (Fsp3) is 0.286. The Morgan fingerprint density at radius 2 is 2.16 bits per heavy atom. The van der Waals surface area contributed by atoms with Gasteiger partial charge in [0.25, 0.3) is 5.91 Å². The van der Waals surface area contributed by atoms with Crippen LogP contribution in [0.25, 0.3) is 0 Å². The molecule has 1 heterocycles. The molecule has 0 aliphatic rings. The van der Waals surface area contributed by atoms with E-state index in [-0.39, 0.29) is 26.9 Å². The second-order valence-corrected chi connectivity index (χ2v) is 7.28. The highest BCUT2D eigenvalue weighted by Gasteiger charge is 2.22. The number of halogens is 1. The summed E-state index contributed by atoms with van der Waals surface area (Å²) in [5, 5.41) is 13.1. The molecule has 25 heavy (non-hydrogen) atoms. The van der Waals surface area contributed by atoms with Crippen LogP contribution in [-0.4, -0.2) is 43.7 Å². The number of nitrogens with zero attached hydrogens (tertiary/aromatic N) is 3. The SMILES string of the molecule is CCO/N=C/c1c(S(C)(=O)=O)ccc(C(=O)Nc2nonc2C)c1Cl. The van der Waals surface area contributed by atoms with Gasteiger partial charge in [0.05, 0.1) is 21.7 Å². The molecule has 0 spiro atoms. The normalized spacial score (nSPS) is 11.7. The molecule has 0 atom stereocenters. The molecule has 2 aromatic rings. The van der Waals surface area contributed by atoms with E-state index in [1.165, 1.54) is 12.1 Å². The number of aryl methyl sites for hydroxylation is 1. The Kier molecular flexibility index (Phi) is 5.75. The number of hydrogen-bond acceptors (Lipinski definition) is 8. The van der Waals surface area contributed by atoms with Gasteiger partial charge in [-0.2, -0.15) is 0 Å². The van der Waals surface area contributed by atoms with Crippen molar-refractivity contribution in [1.29, 1.82) is 0 Å². The van der Waals surface area contributed by atoms with Crippen molar-refractivity contribution in [3.63, 3.8) is 0 Å². The smallest absolute Gasteiger partial charge is 0.258 e. The third-order valence-corrected chi connectivity index (χ3v) is 4.62. The zero-order chi connectivity index (χ0) is 18.6. The van der Waals surface area contributed by atoms with Crippen molar-refractivity contribution in [2.24, 2.45) is 5.16 Å². The number of oxime groups is 1.